The van der Waals surface area contributed by atoms with Crippen LogP contribution in [0.2, 0.25) is 5.02 Å². The van der Waals surface area contributed by atoms with Crippen molar-refractivity contribution in [2.45, 2.75) is 32.7 Å². The summed E-state index contributed by atoms with van der Waals surface area (Å²) >= 11 is 5.88. The molecule has 94 valence electrons. The zero-order valence-corrected chi connectivity index (χ0v) is 11.2. The third-order valence-corrected chi connectivity index (χ3v) is 3.68. The highest BCUT2D eigenvalue weighted by atomic mass is 35.5. The van der Waals surface area contributed by atoms with Gasteiger partial charge in [0, 0.05) is 24.4 Å². The van der Waals surface area contributed by atoms with Crippen molar-refractivity contribution in [3.8, 4) is 0 Å². The fourth-order valence-corrected chi connectivity index (χ4v) is 2.50. The van der Waals surface area contributed by atoms with Crippen molar-refractivity contribution in [3.05, 3.63) is 46.5 Å². The van der Waals surface area contributed by atoms with Crippen LogP contribution in [0.15, 0.2) is 24.3 Å². The zero-order valence-electron chi connectivity index (χ0n) is 10.4. The molecule has 0 aliphatic carbocycles. The van der Waals surface area contributed by atoms with Crippen LogP contribution < -0.4 is 0 Å². The Morgan fingerprint density at radius 3 is 2.89 bits per heavy atom. The molecule has 1 atom stereocenters. The van der Waals surface area contributed by atoms with Gasteiger partial charge in [0.05, 0.1) is 0 Å². The van der Waals surface area contributed by atoms with E-state index >= 15 is 0 Å². The summed E-state index contributed by atoms with van der Waals surface area (Å²) in [5.74, 6) is 2.78. The molecule has 0 fully saturated rings. The smallest absolute Gasteiger partial charge is 0.155 e. The normalized spacial score (nSPS) is 18.7. The van der Waals surface area contributed by atoms with E-state index in [9.17, 15) is 0 Å². The minimum Gasteiger partial charge on any atom is -0.250 e. The van der Waals surface area contributed by atoms with Crippen LogP contribution in [0.4, 0.5) is 0 Å². The molecular weight excluding hydrogens is 246 g/mol. The number of halogens is 1. The topological polar surface area (TPSA) is 30.7 Å². The first-order valence-corrected chi connectivity index (χ1v) is 6.75. The maximum Gasteiger partial charge on any atom is 0.155 e. The molecule has 3 rings (SSSR count). The summed E-state index contributed by atoms with van der Waals surface area (Å²) in [6, 6.07) is 7.89. The molecule has 1 aliphatic rings. The van der Waals surface area contributed by atoms with Gasteiger partial charge in [-0.2, -0.15) is 5.10 Å². The van der Waals surface area contributed by atoms with Gasteiger partial charge < -0.3 is 0 Å². The van der Waals surface area contributed by atoms with E-state index in [1.807, 2.05) is 24.3 Å². The van der Waals surface area contributed by atoms with E-state index in [2.05, 4.69) is 21.7 Å². The lowest BCUT2D eigenvalue weighted by Crippen LogP contribution is -2.18. The first-order valence-electron chi connectivity index (χ1n) is 6.38. The molecule has 0 spiro atoms. The van der Waals surface area contributed by atoms with E-state index in [0.717, 1.165) is 42.0 Å². The van der Waals surface area contributed by atoms with E-state index in [-0.39, 0.29) is 0 Å². The van der Waals surface area contributed by atoms with Crippen LogP contribution in [0, 0.1) is 5.92 Å². The Morgan fingerprint density at radius 1 is 1.33 bits per heavy atom. The highest BCUT2D eigenvalue weighted by molar-refractivity contribution is 6.30. The van der Waals surface area contributed by atoms with Crippen LogP contribution in [0.25, 0.3) is 0 Å². The Morgan fingerprint density at radius 2 is 2.11 bits per heavy atom. The quantitative estimate of drug-likeness (QED) is 0.832. The van der Waals surface area contributed by atoms with Crippen LogP contribution in [0.1, 0.15) is 30.6 Å². The molecule has 1 aromatic carbocycles. The molecule has 0 radical (unpaired) electrons. The predicted octanol–water partition coefficient (Wildman–Crippen LogP) is 3.10. The highest BCUT2D eigenvalue weighted by Crippen LogP contribution is 2.19. The summed E-state index contributed by atoms with van der Waals surface area (Å²) in [7, 11) is 0. The van der Waals surface area contributed by atoms with Crippen molar-refractivity contribution in [2.24, 2.45) is 5.92 Å². The van der Waals surface area contributed by atoms with Gasteiger partial charge >= 0.3 is 0 Å². The number of aryl methyl sites for hydroxylation is 1. The number of nitrogens with zero attached hydrogens (tertiary/aromatic N) is 3. The lowest BCUT2D eigenvalue weighted by atomic mass is 10.0. The highest BCUT2D eigenvalue weighted by Gasteiger charge is 2.18. The monoisotopic (exact) mass is 261 g/mol. The van der Waals surface area contributed by atoms with Crippen LogP contribution in [-0.4, -0.2) is 14.8 Å². The zero-order chi connectivity index (χ0) is 12.5. The molecule has 1 aromatic heterocycles. The average Bonchev–Trinajstić information content (AvgIpc) is 2.73. The Balaban J connectivity index is 1.79. The molecule has 2 aromatic rings. The molecule has 0 bridgehead atoms. The van der Waals surface area contributed by atoms with Crippen LogP contribution >= 0.6 is 11.6 Å². The Bertz CT molecular complexity index is 545. The number of benzene rings is 1. The van der Waals surface area contributed by atoms with Crippen molar-refractivity contribution in [1.82, 2.24) is 14.8 Å². The molecule has 0 amide bonds. The number of aromatic nitrogens is 3. The minimum absolute atomic E-state index is 0.727. The molecule has 1 aliphatic heterocycles. The largest absolute Gasteiger partial charge is 0.250 e. The summed E-state index contributed by atoms with van der Waals surface area (Å²) in [6.07, 6.45) is 3.04. The summed E-state index contributed by atoms with van der Waals surface area (Å²) in [5, 5.41) is 5.34. The number of fused-ring (bicyclic) bond motifs is 1. The second-order valence-corrected chi connectivity index (χ2v) is 5.51. The minimum atomic E-state index is 0.727. The fraction of sp³-hybridized carbons (Fsp3) is 0.429. The van der Waals surface area contributed by atoms with Crippen LogP contribution in [0.5, 0.6) is 0 Å². The van der Waals surface area contributed by atoms with Gasteiger partial charge in [-0.15, -0.1) is 0 Å². The Labute approximate surface area is 112 Å². The van der Waals surface area contributed by atoms with Crippen molar-refractivity contribution in [2.75, 3.05) is 0 Å². The molecular formula is C14H16ClN3. The van der Waals surface area contributed by atoms with Gasteiger partial charge in [0.2, 0.25) is 0 Å². The first-order chi connectivity index (χ1) is 8.70. The maximum atomic E-state index is 5.88. The standard InChI is InChI=1S/C14H16ClN3/c1-10-6-7-18-14(8-10)16-13(17-18)9-11-2-4-12(15)5-3-11/h2-5,10H,6-9H2,1H3. The van der Waals surface area contributed by atoms with Crippen LogP contribution in [0.3, 0.4) is 0 Å². The lowest BCUT2D eigenvalue weighted by Gasteiger charge is -2.17. The molecule has 2 heterocycles. The fourth-order valence-electron chi connectivity index (χ4n) is 2.37. The van der Waals surface area contributed by atoms with Gasteiger partial charge in [-0.05, 0) is 30.0 Å². The average molecular weight is 262 g/mol. The Hall–Kier alpha value is -1.35. The van der Waals surface area contributed by atoms with Gasteiger partial charge in [0.1, 0.15) is 5.82 Å². The van der Waals surface area contributed by atoms with Gasteiger partial charge in [0.15, 0.2) is 5.82 Å². The third-order valence-electron chi connectivity index (χ3n) is 3.43. The first kappa shape index (κ1) is 11.7. The van der Waals surface area contributed by atoms with E-state index < -0.39 is 0 Å². The van der Waals surface area contributed by atoms with E-state index in [4.69, 9.17) is 11.6 Å². The summed E-state index contributed by atoms with van der Waals surface area (Å²) in [6.45, 7) is 3.28. The number of rotatable bonds is 2. The molecule has 0 saturated heterocycles. The number of hydrogen-bond acceptors (Lipinski definition) is 2. The van der Waals surface area contributed by atoms with Crippen molar-refractivity contribution >= 4 is 11.6 Å². The van der Waals surface area contributed by atoms with Crippen LogP contribution in [-0.2, 0) is 19.4 Å². The maximum absolute atomic E-state index is 5.88. The molecule has 0 N–H and O–H groups in total. The van der Waals surface area contributed by atoms with E-state index in [0.29, 0.717) is 0 Å². The third kappa shape index (κ3) is 2.41. The van der Waals surface area contributed by atoms with Gasteiger partial charge in [-0.1, -0.05) is 30.7 Å². The molecule has 4 heteroatoms. The van der Waals surface area contributed by atoms with E-state index in [1.165, 1.54) is 12.0 Å². The SMILES string of the molecule is CC1CCn2nc(Cc3ccc(Cl)cc3)nc2C1. The Kier molecular flexibility index (Phi) is 3.08. The summed E-state index contributed by atoms with van der Waals surface area (Å²) < 4.78 is 2.06. The van der Waals surface area contributed by atoms with Gasteiger partial charge in [0.25, 0.3) is 0 Å². The van der Waals surface area contributed by atoms with Crippen molar-refractivity contribution in [1.29, 1.82) is 0 Å². The van der Waals surface area contributed by atoms with Gasteiger partial charge in [-0.25, -0.2) is 9.67 Å². The van der Waals surface area contributed by atoms with Crippen molar-refractivity contribution < 1.29 is 0 Å². The predicted molar refractivity (Wildman–Crippen MR) is 71.8 cm³/mol. The molecule has 18 heavy (non-hydrogen) atoms. The van der Waals surface area contributed by atoms with E-state index in [1.54, 1.807) is 0 Å². The molecule has 0 saturated carbocycles. The molecule has 3 nitrogen and oxygen atoms in total. The number of hydrogen-bond donors (Lipinski definition) is 0. The second kappa shape index (κ2) is 4.73. The second-order valence-electron chi connectivity index (χ2n) is 5.07. The molecule has 1 unspecified atom stereocenters. The van der Waals surface area contributed by atoms with Gasteiger partial charge in [-0.3, -0.25) is 0 Å². The lowest BCUT2D eigenvalue weighted by molar-refractivity contribution is 0.385. The summed E-state index contributed by atoms with van der Waals surface area (Å²) in [5.41, 5.74) is 1.20. The van der Waals surface area contributed by atoms with Crippen molar-refractivity contribution in [3.63, 3.8) is 0 Å². The summed E-state index contributed by atoms with van der Waals surface area (Å²) in [4.78, 5) is 4.64.